The maximum absolute atomic E-state index is 4.51. The highest BCUT2D eigenvalue weighted by molar-refractivity contribution is 5.74. The van der Waals surface area contributed by atoms with Crippen molar-refractivity contribution in [1.82, 2.24) is 4.98 Å². The second kappa shape index (κ2) is 5.92. The Morgan fingerprint density at radius 2 is 1.71 bits per heavy atom. The lowest BCUT2D eigenvalue weighted by Crippen LogP contribution is -1.91. The summed E-state index contributed by atoms with van der Waals surface area (Å²) in [7, 11) is 0. The molecule has 0 atom stereocenters. The molecule has 0 unspecified atom stereocenters. The third kappa shape index (κ3) is 2.87. The Morgan fingerprint density at radius 3 is 2.43 bits per heavy atom. The van der Waals surface area contributed by atoms with Gasteiger partial charge < -0.3 is 0 Å². The van der Waals surface area contributed by atoms with Gasteiger partial charge in [0.1, 0.15) is 0 Å². The number of aryl methyl sites for hydroxylation is 2. The minimum absolute atomic E-state index is 1.01. The first-order valence-corrected chi connectivity index (χ1v) is 7.39. The van der Waals surface area contributed by atoms with Crippen molar-refractivity contribution in [2.24, 2.45) is 0 Å². The fourth-order valence-electron chi connectivity index (χ4n) is 2.65. The lowest BCUT2D eigenvalue weighted by Gasteiger charge is -2.11. The zero-order valence-corrected chi connectivity index (χ0v) is 12.5. The summed E-state index contributed by atoms with van der Waals surface area (Å²) in [4.78, 5) is 4.51. The average molecular weight is 273 g/mol. The standard InChI is InChI=1S/C20H19N/c1-3-16-10-11-18(17-8-6-7-15(2)13-17)14-19(16)20-9-4-5-12-21-20/h4-14H,3H2,1-2H3. The normalized spacial score (nSPS) is 10.6. The van der Waals surface area contributed by atoms with E-state index in [9.17, 15) is 0 Å². The lowest BCUT2D eigenvalue weighted by atomic mass is 9.95. The van der Waals surface area contributed by atoms with E-state index in [0.717, 1.165) is 12.1 Å². The zero-order valence-electron chi connectivity index (χ0n) is 12.5. The van der Waals surface area contributed by atoms with Gasteiger partial charge in [-0.3, -0.25) is 4.98 Å². The van der Waals surface area contributed by atoms with Crippen LogP contribution in [0.4, 0.5) is 0 Å². The monoisotopic (exact) mass is 273 g/mol. The number of hydrogen-bond acceptors (Lipinski definition) is 1. The quantitative estimate of drug-likeness (QED) is 0.632. The Bertz CT molecular complexity index is 745. The van der Waals surface area contributed by atoms with Crippen molar-refractivity contribution in [3.63, 3.8) is 0 Å². The van der Waals surface area contributed by atoms with E-state index in [1.165, 1.54) is 27.8 Å². The molecule has 21 heavy (non-hydrogen) atoms. The minimum Gasteiger partial charge on any atom is -0.256 e. The van der Waals surface area contributed by atoms with Crippen molar-refractivity contribution in [3.8, 4) is 22.4 Å². The van der Waals surface area contributed by atoms with Gasteiger partial charge in [0.2, 0.25) is 0 Å². The molecule has 0 aliphatic heterocycles. The van der Waals surface area contributed by atoms with Gasteiger partial charge in [0, 0.05) is 11.8 Å². The maximum atomic E-state index is 4.51. The van der Waals surface area contributed by atoms with Crippen LogP contribution in [0.2, 0.25) is 0 Å². The first-order chi connectivity index (χ1) is 10.3. The van der Waals surface area contributed by atoms with Gasteiger partial charge in [0.05, 0.1) is 5.69 Å². The van der Waals surface area contributed by atoms with Gasteiger partial charge in [0.15, 0.2) is 0 Å². The number of benzene rings is 2. The SMILES string of the molecule is CCc1ccc(-c2cccc(C)c2)cc1-c1ccccn1. The van der Waals surface area contributed by atoms with Crippen LogP contribution >= 0.6 is 0 Å². The summed E-state index contributed by atoms with van der Waals surface area (Å²) in [6.45, 7) is 4.32. The average Bonchev–Trinajstić information content (AvgIpc) is 2.55. The van der Waals surface area contributed by atoms with Crippen molar-refractivity contribution >= 4 is 0 Å². The molecule has 0 fully saturated rings. The second-order valence-corrected chi connectivity index (χ2v) is 5.31. The summed E-state index contributed by atoms with van der Waals surface area (Å²) in [5.41, 5.74) is 7.41. The second-order valence-electron chi connectivity index (χ2n) is 5.31. The van der Waals surface area contributed by atoms with Crippen LogP contribution in [-0.4, -0.2) is 4.98 Å². The first kappa shape index (κ1) is 13.6. The highest BCUT2D eigenvalue weighted by atomic mass is 14.7. The third-order valence-corrected chi connectivity index (χ3v) is 3.78. The van der Waals surface area contributed by atoms with Gasteiger partial charge in [-0.1, -0.05) is 55.0 Å². The zero-order chi connectivity index (χ0) is 14.7. The van der Waals surface area contributed by atoms with Gasteiger partial charge in [-0.15, -0.1) is 0 Å². The largest absolute Gasteiger partial charge is 0.256 e. The molecule has 0 spiro atoms. The van der Waals surface area contributed by atoms with Crippen LogP contribution in [0, 0.1) is 6.92 Å². The molecule has 0 aliphatic rings. The van der Waals surface area contributed by atoms with E-state index in [2.05, 4.69) is 67.4 Å². The fourth-order valence-corrected chi connectivity index (χ4v) is 2.65. The fraction of sp³-hybridized carbons (Fsp3) is 0.150. The van der Waals surface area contributed by atoms with Crippen LogP contribution in [0.15, 0.2) is 66.9 Å². The first-order valence-electron chi connectivity index (χ1n) is 7.39. The summed E-state index contributed by atoms with van der Waals surface area (Å²) in [6.07, 6.45) is 2.87. The molecule has 0 aliphatic carbocycles. The number of aromatic nitrogens is 1. The summed E-state index contributed by atoms with van der Waals surface area (Å²) in [6, 6.07) is 21.4. The maximum Gasteiger partial charge on any atom is 0.0704 e. The predicted octanol–water partition coefficient (Wildman–Crippen LogP) is 5.29. The van der Waals surface area contributed by atoms with Gasteiger partial charge in [0.25, 0.3) is 0 Å². The third-order valence-electron chi connectivity index (χ3n) is 3.78. The predicted molar refractivity (Wildman–Crippen MR) is 89.2 cm³/mol. The molecular weight excluding hydrogens is 254 g/mol. The van der Waals surface area contributed by atoms with E-state index in [1.54, 1.807) is 0 Å². The molecule has 0 saturated heterocycles. The van der Waals surface area contributed by atoms with E-state index >= 15 is 0 Å². The smallest absolute Gasteiger partial charge is 0.0704 e. The summed E-state index contributed by atoms with van der Waals surface area (Å²) < 4.78 is 0. The van der Waals surface area contributed by atoms with E-state index < -0.39 is 0 Å². The molecule has 2 aromatic carbocycles. The van der Waals surface area contributed by atoms with Crippen LogP contribution in [0.5, 0.6) is 0 Å². The summed E-state index contributed by atoms with van der Waals surface area (Å²) in [5.74, 6) is 0. The highest BCUT2D eigenvalue weighted by Gasteiger charge is 2.07. The molecular formula is C20H19N. The number of nitrogens with zero attached hydrogens (tertiary/aromatic N) is 1. The summed E-state index contributed by atoms with van der Waals surface area (Å²) >= 11 is 0. The van der Waals surface area contributed by atoms with Crippen LogP contribution in [0.3, 0.4) is 0 Å². The van der Waals surface area contributed by atoms with Crippen molar-refractivity contribution < 1.29 is 0 Å². The Labute approximate surface area is 126 Å². The molecule has 1 heterocycles. The van der Waals surface area contributed by atoms with Crippen LogP contribution in [-0.2, 0) is 6.42 Å². The van der Waals surface area contributed by atoms with Crippen molar-refractivity contribution in [1.29, 1.82) is 0 Å². The Hall–Kier alpha value is -2.41. The molecule has 0 N–H and O–H groups in total. The van der Waals surface area contributed by atoms with Gasteiger partial charge >= 0.3 is 0 Å². The molecule has 0 amide bonds. The van der Waals surface area contributed by atoms with E-state index in [-0.39, 0.29) is 0 Å². The molecule has 3 aromatic rings. The lowest BCUT2D eigenvalue weighted by molar-refractivity contribution is 1.13. The Kier molecular flexibility index (Phi) is 3.83. The molecule has 1 aromatic heterocycles. The van der Waals surface area contributed by atoms with Crippen molar-refractivity contribution in [2.75, 3.05) is 0 Å². The summed E-state index contributed by atoms with van der Waals surface area (Å²) in [5, 5.41) is 0. The molecule has 0 radical (unpaired) electrons. The van der Waals surface area contributed by atoms with E-state index in [1.807, 2.05) is 18.3 Å². The van der Waals surface area contributed by atoms with Gasteiger partial charge in [-0.2, -0.15) is 0 Å². The minimum atomic E-state index is 1.01. The molecule has 104 valence electrons. The number of pyridine rings is 1. The molecule has 0 bridgehead atoms. The molecule has 1 heteroatoms. The Balaban J connectivity index is 2.13. The molecule has 0 saturated carbocycles. The van der Waals surface area contributed by atoms with E-state index in [0.29, 0.717) is 0 Å². The van der Waals surface area contributed by atoms with Crippen LogP contribution in [0.1, 0.15) is 18.1 Å². The van der Waals surface area contributed by atoms with Crippen molar-refractivity contribution in [2.45, 2.75) is 20.3 Å². The molecule has 3 rings (SSSR count). The highest BCUT2D eigenvalue weighted by Crippen LogP contribution is 2.29. The van der Waals surface area contributed by atoms with Crippen LogP contribution in [0.25, 0.3) is 22.4 Å². The molecule has 1 nitrogen and oxygen atoms in total. The Morgan fingerprint density at radius 1 is 0.857 bits per heavy atom. The number of hydrogen-bond donors (Lipinski definition) is 0. The number of rotatable bonds is 3. The van der Waals surface area contributed by atoms with Gasteiger partial charge in [-0.05, 0) is 48.2 Å². The topological polar surface area (TPSA) is 12.9 Å². The van der Waals surface area contributed by atoms with Crippen molar-refractivity contribution in [3.05, 3.63) is 78.0 Å². The van der Waals surface area contributed by atoms with Gasteiger partial charge in [-0.25, -0.2) is 0 Å². The van der Waals surface area contributed by atoms with E-state index in [4.69, 9.17) is 0 Å². The van der Waals surface area contributed by atoms with Crippen LogP contribution < -0.4 is 0 Å².